The number of nitrogens with zero attached hydrogens (tertiary/aromatic N) is 1. The summed E-state index contributed by atoms with van der Waals surface area (Å²) < 4.78 is 0. The lowest BCUT2D eigenvalue weighted by Gasteiger charge is -2.22. The lowest BCUT2D eigenvalue weighted by Crippen LogP contribution is -2.30. The van der Waals surface area contributed by atoms with Crippen LogP contribution in [-0.4, -0.2) is 19.6 Å². The average molecular weight is 229 g/mol. The van der Waals surface area contributed by atoms with Gasteiger partial charge in [0.05, 0.1) is 11.6 Å². The van der Waals surface area contributed by atoms with Crippen LogP contribution >= 0.6 is 0 Å². The summed E-state index contributed by atoms with van der Waals surface area (Å²) >= 11 is 0. The van der Waals surface area contributed by atoms with Crippen molar-refractivity contribution in [2.45, 2.75) is 19.3 Å². The van der Waals surface area contributed by atoms with Crippen LogP contribution < -0.4 is 10.6 Å². The normalized spacial score (nSPS) is 19.6. The predicted molar refractivity (Wildman–Crippen MR) is 69.9 cm³/mol. The van der Waals surface area contributed by atoms with Crippen molar-refractivity contribution in [3.63, 3.8) is 0 Å². The van der Waals surface area contributed by atoms with E-state index in [2.05, 4.69) is 16.7 Å². The summed E-state index contributed by atoms with van der Waals surface area (Å²) in [6, 6.07) is 9.82. The zero-order valence-corrected chi connectivity index (χ0v) is 10.1. The van der Waals surface area contributed by atoms with Gasteiger partial charge in [0.1, 0.15) is 0 Å². The van der Waals surface area contributed by atoms with Gasteiger partial charge in [-0.15, -0.1) is 0 Å². The van der Waals surface area contributed by atoms with E-state index in [4.69, 9.17) is 5.26 Å². The second kappa shape index (κ2) is 6.27. The lowest BCUT2D eigenvalue weighted by molar-refractivity contribution is 0.364. The van der Waals surface area contributed by atoms with Crippen molar-refractivity contribution in [2.24, 2.45) is 5.92 Å². The summed E-state index contributed by atoms with van der Waals surface area (Å²) in [5.74, 6) is 0.801. The van der Waals surface area contributed by atoms with E-state index in [1.54, 1.807) is 0 Å². The van der Waals surface area contributed by atoms with E-state index in [1.165, 1.54) is 25.8 Å². The highest BCUT2D eigenvalue weighted by Gasteiger charge is 2.11. The molecule has 1 unspecified atom stereocenters. The minimum Gasteiger partial charge on any atom is -0.385 e. The standard InChI is InChI=1S/C14H19N3/c15-10-13-3-1-5-14(9-13)17-8-6-12-4-2-7-16-11-12/h1,3,5,9,12,16-17H,2,4,6-8,11H2. The fraction of sp³-hybridized carbons (Fsp3) is 0.500. The molecule has 0 saturated carbocycles. The van der Waals surface area contributed by atoms with Crippen molar-refractivity contribution in [1.82, 2.24) is 5.32 Å². The first-order valence-electron chi connectivity index (χ1n) is 6.33. The first-order valence-corrected chi connectivity index (χ1v) is 6.33. The summed E-state index contributed by atoms with van der Waals surface area (Å²) in [7, 11) is 0. The summed E-state index contributed by atoms with van der Waals surface area (Å²) in [5, 5.41) is 15.6. The number of hydrogen-bond donors (Lipinski definition) is 2. The fourth-order valence-electron chi connectivity index (χ4n) is 2.29. The Morgan fingerprint density at radius 2 is 2.41 bits per heavy atom. The largest absolute Gasteiger partial charge is 0.385 e. The van der Waals surface area contributed by atoms with Crippen LogP contribution in [0.25, 0.3) is 0 Å². The molecule has 1 heterocycles. The zero-order chi connectivity index (χ0) is 11.9. The molecule has 2 N–H and O–H groups in total. The number of piperidine rings is 1. The molecule has 1 fully saturated rings. The maximum absolute atomic E-state index is 8.81. The number of benzene rings is 1. The van der Waals surface area contributed by atoms with Crippen LogP contribution in [0.2, 0.25) is 0 Å². The molecule has 1 aromatic rings. The molecule has 90 valence electrons. The van der Waals surface area contributed by atoms with Crippen molar-refractivity contribution in [3.05, 3.63) is 29.8 Å². The first kappa shape index (κ1) is 11.9. The molecule has 1 atom stereocenters. The number of hydrogen-bond acceptors (Lipinski definition) is 3. The summed E-state index contributed by atoms with van der Waals surface area (Å²) in [6.45, 7) is 3.31. The number of anilines is 1. The van der Waals surface area contributed by atoms with Gasteiger partial charge in [0.25, 0.3) is 0 Å². The van der Waals surface area contributed by atoms with Gasteiger partial charge >= 0.3 is 0 Å². The van der Waals surface area contributed by atoms with E-state index in [0.29, 0.717) is 5.56 Å². The second-order valence-corrected chi connectivity index (χ2v) is 4.62. The molecule has 3 heteroatoms. The molecule has 0 aliphatic carbocycles. The maximum Gasteiger partial charge on any atom is 0.0992 e. The van der Waals surface area contributed by atoms with E-state index in [-0.39, 0.29) is 0 Å². The molecule has 0 aromatic heterocycles. The molecule has 17 heavy (non-hydrogen) atoms. The third-order valence-electron chi connectivity index (χ3n) is 3.27. The molecule has 3 nitrogen and oxygen atoms in total. The highest BCUT2D eigenvalue weighted by molar-refractivity contribution is 5.48. The third-order valence-corrected chi connectivity index (χ3v) is 3.27. The maximum atomic E-state index is 8.81. The summed E-state index contributed by atoms with van der Waals surface area (Å²) in [6.07, 6.45) is 3.84. The molecule has 0 amide bonds. The molecule has 2 rings (SSSR count). The van der Waals surface area contributed by atoms with Gasteiger partial charge in [0, 0.05) is 12.2 Å². The minimum absolute atomic E-state index is 0.717. The molecule has 1 aliphatic heterocycles. The van der Waals surface area contributed by atoms with Crippen LogP contribution in [0, 0.1) is 17.2 Å². The predicted octanol–water partition coefficient (Wildman–Crippen LogP) is 2.36. The van der Waals surface area contributed by atoms with Crippen molar-refractivity contribution < 1.29 is 0 Å². The Morgan fingerprint density at radius 3 is 3.18 bits per heavy atom. The topological polar surface area (TPSA) is 47.9 Å². The number of nitrogens with one attached hydrogen (secondary N) is 2. The SMILES string of the molecule is N#Cc1cccc(NCCC2CCCNC2)c1. The van der Waals surface area contributed by atoms with Crippen molar-refractivity contribution in [3.8, 4) is 6.07 Å². The van der Waals surface area contributed by atoms with Gasteiger partial charge in [-0.2, -0.15) is 5.26 Å². The molecule has 0 radical (unpaired) electrons. The van der Waals surface area contributed by atoms with Gasteiger partial charge in [0.15, 0.2) is 0 Å². The van der Waals surface area contributed by atoms with Crippen LogP contribution in [0.4, 0.5) is 5.69 Å². The second-order valence-electron chi connectivity index (χ2n) is 4.62. The van der Waals surface area contributed by atoms with E-state index >= 15 is 0 Å². The Balaban J connectivity index is 1.75. The Hall–Kier alpha value is -1.53. The van der Waals surface area contributed by atoms with Gasteiger partial charge in [0.2, 0.25) is 0 Å². The number of nitriles is 1. The van der Waals surface area contributed by atoms with E-state index < -0.39 is 0 Å². The highest BCUT2D eigenvalue weighted by Crippen LogP contribution is 2.15. The quantitative estimate of drug-likeness (QED) is 0.833. The molecular formula is C14H19N3. The molecule has 1 aliphatic rings. The molecule has 1 aromatic carbocycles. The Morgan fingerprint density at radius 1 is 1.47 bits per heavy atom. The highest BCUT2D eigenvalue weighted by atomic mass is 14.9. The zero-order valence-electron chi connectivity index (χ0n) is 10.1. The van der Waals surface area contributed by atoms with E-state index in [1.807, 2.05) is 24.3 Å². The Labute approximate surface area is 103 Å². The fourth-order valence-corrected chi connectivity index (χ4v) is 2.29. The van der Waals surface area contributed by atoms with Crippen LogP contribution in [0.15, 0.2) is 24.3 Å². The first-order chi connectivity index (χ1) is 8.38. The van der Waals surface area contributed by atoms with E-state index in [9.17, 15) is 0 Å². The molecule has 1 saturated heterocycles. The van der Waals surface area contributed by atoms with Gasteiger partial charge in [-0.25, -0.2) is 0 Å². The van der Waals surface area contributed by atoms with Crippen molar-refractivity contribution in [1.29, 1.82) is 5.26 Å². The minimum atomic E-state index is 0.717. The Kier molecular flexibility index (Phi) is 4.40. The van der Waals surface area contributed by atoms with Crippen LogP contribution in [0.5, 0.6) is 0 Å². The average Bonchev–Trinajstić information content (AvgIpc) is 2.40. The van der Waals surface area contributed by atoms with Gasteiger partial charge in [-0.3, -0.25) is 0 Å². The van der Waals surface area contributed by atoms with Gasteiger partial charge in [-0.1, -0.05) is 6.07 Å². The van der Waals surface area contributed by atoms with Crippen LogP contribution in [0.3, 0.4) is 0 Å². The van der Waals surface area contributed by atoms with Crippen LogP contribution in [0.1, 0.15) is 24.8 Å². The van der Waals surface area contributed by atoms with E-state index in [0.717, 1.165) is 24.7 Å². The molecule has 0 bridgehead atoms. The summed E-state index contributed by atoms with van der Waals surface area (Å²) in [5.41, 5.74) is 1.77. The lowest BCUT2D eigenvalue weighted by atomic mass is 9.96. The van der Waals surface area contributed by atoms with Crippen LogP contribution in [-0.2, 0) is 0 Å². The van der Waals surface area contributed by atoms with Gasteiger partial charge in [-0.05, 0) is 56.5 Å². The smallest absolute Gasteiger partial charge is 0.0992 e. The molecular weight excluding hydrogens is 210 g/mol. The van der Waals surface area contributed by atoms with Crippen molar-refractivity contribution in [2.75, 3.05) is 25.0 Å². The Bertz CT molecular complexity index is 389. The summed E-state index contributed by atoms with van der Waals surface area (Å²) in [4.78, 5) is 0. The third kappa shape index (κ3) is 3.76. The number of rotatable bonds is 4. The van der Waals surface area contributed by atoms with Crippen molar-refractivity contribution >= 4 is 5.69 Å². The molecule has 0 spiro atoms. The van der Waals surface area contributed by atoms with Gasteiger partial charge < -0.3 is 10.6 Å². The monoisotopic (exact) mass is 229 g/mol.